The Morgan fingerprint density at radius 2 is 2.13 bits per heavy atom. The molecule has 1 aromatic heterocycles. The maximum atomic E-state index is 12.5. The monoisotopic (exact) mass is 207 g/mol. The zero-order chi connectivity index (χ0) is 11.4. The van der Waals surface area contributed by atoms with Gasteiger partial charge in [0, 0.05) is 5.69 Å². The average molecular weight is 207 g/mol. The van der Waals surface area contributed by atoms with Gasteiger partial charge in [0.15, 0.2) is 0 Å². The van der Waals surface area contributed by atoms with Gasteiger partial charge >= 0.3 is 0 Å². The molecule has 0 amide bonds. The van der Waals surface area contributed by atoms with Gasteiger partial charge in [-0.1, -0.05) is 0 Å². The highest BCUT2D eigenvalue weighted by Gasteiger charge is 2.18. The van der Waals surface area contributed by atoms with E-state index in [1.54, 1.807) is 13.0 Å². The fourth-order valence-corrected chi connectivity index (χ4v) is 1.28. The number of halogens is 2. The van der Waals surface area contributed by atoms with Gasteiger partial charge in [0.1, 0.15) is 11.8 Å². The van der Waals surface area contributed by atoms with E-state index in [0.717, 1.165) is 0 Å². The third-order valence-corrected chi connectivity index (χ3v) is 1.85. The number of alkyl halides is 2. The summed E-state index contributed by atoms with van der Waals surface area (Å²) in [5.74, 6) is 0. The van der Waals surface area contributed by atoms with Gasteiger partial charge in [0.05, 0.1) is 18.1 Å². The van der Waals surface area contributed by atoms with Crippen LogP contribution < -0.4 is 0 Å². The lowest BCUT2D eigenvalue weighted by atomic mass is 10.0. The maximum absolute atomic E-state index is 12.5. The molecule has 5 heteroatoms. The van der Waals surface area contributed by atoms with Crippen molar-refractivity contribution in [1.29, 1.82) is 10.5 Å². The molecule has 1 aromatic rings. The number of aromatic nitrogens is 1. The van der Waals surface area contributed by atoms with Crippen molar-refractivity contribution in [1.82, 2.24) is 4.98 Å². The van der Waals surface area contributed by atoms with Crippen molar-refractivity contribution >= 4 is 0 Å². The second kappa shape index (κ2) is 4.47. The SMILES string of the molecule is Cc1cc(CC#N)c(C#N)c(C(F)F)n1. The highest BCUT2D eigenvalue weighted by molar-refractivity contribution is 5.43. The summed E-state index contributed by atoms with van der Waals surface area (Å²) in [4.78, 5) is 3.60. The van der Waals surface area contributed by atoms with Crippen LogP contribution in [0.5, 0.6) is 0 Å². The number of rotatable bonds is 2. The number of nitriles is 2. The van der Waals surface area contributed by atoms with Gasteiger partial charge in [-0.05, 0) is 18.6 Å². The molecule has 0 saturated carbocycles. The van der Waals surface area contributed by atoms with Crippen molar-refractivity contribution in [2.45, 2.75) is 19.8 Å². The smallest absolute Gasteiger partial charge is 0.251 e. The van der Waals surface area contributed by atoms with Gasteiger partial charge in [-0.15, -0.1) is 0 Å². The highest BCUT2D eigenvalue weighted by atomic mass is 19.3. The Morgan fingerprint density at radius 3 is 2.60 bits per heavy atom. The summed E-state index contributed by atoms with van der Waals surface area (Å²) in [7, 11) is 0. The van der Waals surface area contributed by atoms with Crippen LogP contribution in [0.3, 0.4) is 0 Å². The minimum atomic E-state index is -2.79. The van der Waals surface area contributed by atoms with Crippen LogP contribution in [0.1, 0.15) is 28.9 Å². The normalized spacial score (nSPS) is 9.73. The van der Waals surface area contributed by atoms with Crippen LogP contribution >= 0.6 is 0 Å². The first-order chi connectivity index (χ1) is 7.10. The first-order valence-electron chi connectivity index (χ1n) is 4.15. The molecule has 0 spiro atoms. The zero-order valence-corrected chi connectivity index (χ0v) is 7.96. The van der Waals surface area contributed by atoms with E-state index in [4.69, 9.17) is 10.5 Å². The van der Waals surface area contributed by atoms with Gasteiger partial charge in [-0.2, -0.15) is 10.5 Å². The van der Waals surface area contributed by atoms with Crippen molar-refractivity contribution in [3.63, 3.8) is 0 Å². The molecule has 0 fully saturated rings. The van der Waals surface area contributed by atoms with Crippen molar-refractivity contribution < 1.29 is 8.78 Å². The summed E-state index contributed by atoms with van der Waals surface area (Å²) < 4.78 is 25.0. The van der Waals surface area contributed by atoms with Gasteiger partial charge < -0.3 is 0 Å². The molecule has 0 saturated heterocycles. The van der Waals surface area contributed by atoms with E-state index in [2.05, 4.69) is 4.98 Å². The molecule has 1 heterocycles. The first kappa shape index (κ1) is 11.1. The van der Waals surface area contributed by atoms with Crippen molar-refractivity contribution in [2.75, 3.05) is 0 Å². The first-order valence-corrected chi connectivity index (χ1v) is 4.15. The predicted octanol–water partition coefficient (Wildman–Crippen LogP) is 2.27. The highest BCUT2D eigenvalue weighted by Crippen LogP contribution is 2.24. The molecule has 0 atom stereocenters. The number of nitrogens with zero attached hydrogens (tertiary/aromatic N) is 3. The van der Waals surface area contributed by atoms with E-state index in [1.807, 2.05) is 6.07 Å². The molecule has 3 nitrogen and oxygen atoms in total. The lowest BCUT2D eigenvalue weighted by molar-refractivity contribution is 0.145. The minimum Gasteiger partial charge on any atom is -0.251 e. The molecular formula is C10H7F2N3. The summed E-state index contributed by atoms with van der Waals surface area (Å²) in [5, 5.41) is 17.2. The Bertz CT molecular complexity index is 455. The standard InChI is InChI=1S/C10H7F2N3/c1-6-4-7(2-3-13)8(5-14)9(15-6)10(11)12/h4,10H,2H2,1H3. The summed E-state index contributed by atoms with van der Waals surface area (Å²) in [6, 6.07) is 4.97. The van der Waals surface area contributed by atoms with E-state index in [-0.39, 0.29) is 12.0 Å². The quantitative estimate of drug-likeness (QED) is 0.747. The molecule has 0 radical (unpaired) electrons. The van der Waals surface area contributed by atoms with Crippen LogP contribution in [0, 0.1) is 29.6 Å². The number of pyridine rings is 1. The molecule has 0 bridgehead atoms. The van der Waals surface area contributed by atoms with Gasteiger partial charge in [0.25, 0.3) is 6.43 Å². The fraction of sp³-hybridized carbons (Fsp3) is 0.300. The average Bonchev–Trinajstić information content (AvgIpc) is 2.17. The predicted molar refractivity (Wildman–Crippen MR) is 48.0 cm³/mol. The van der Waals surface area contributed by atoms with Crippen LogP contribution in [0.2, 0.25) is 0 Å². The minimum absolute atomic E-state index is 0.0635. The van der Waals surface area contributed by atoms with Crippen LogP contribution in [0.25, 0.3) is 0 Å². The molecule has 1 rings (SSSR count). The van der Waals surface area contributed by atoms with Crippen LogP contribution in [-0.4, -0.2) is 4.98 Å². The molecule has 0 aliphatic carbocycles. The molecule has 76 valence electrons. The summed E-state index contributed by atoms with van der Waals surface area (Å²) in [5.41, 5.74) is -0.0303. The molecule has 0 aromatic carbocycles. The van der Waals surface area contributed by atoms with E-state index < -0.39 is 12.1 Å². The molecular weight excluding hydrogens is 200 g/mol. The Labute approximate surface area is 85.6 Å². The largest absolute Gasteiger partial charge is 0.281 e. The summed E-state index contributed by atoms with van der Waals surface area (Å²) in [6.45, 7) is 1.55. The number of hydrogen-bond donors (Lipinski definition) is 0. The molecule has 0 unspecified atom stereocenters. The van der Waals surface area contributed by atoms with Crippen molar-refractivity contribution in [2.24, 2.45) is 0 Å². The fourth-order valence-electron chi connectivity index (χ4n) is 1.28. The molecule has 15 heavy (non-hydrogen) atoms. The van der Waals surface area contributed by atoms with E-state index in [9.17, 15) is 8.78 Å². The lowest BCUT2D eigenvalue weighted by Crippen LogP contribution is -2.02. The molecule has 0 aliphatic rings. The van der Waals surface area contributed by atoms with Crippen molar-refractivity contribution in [3.05, 3.63) is 28.6 Å². The van der Waals surface area contributed by atoms with Crippen LogP contribution in [0.15, 0.2) is 6.07 Å². The van der Waals surface area contributed by atoms with E-state index in [1.165, 1.54) is 6.07 Å². The molecule has 0 aliphatic heterocycles. The Balaban J connectivity index is 3.41. The third kappa shape index (κ3) is 2.26. The Kier molecular flexibility index (Phi) is 3.30. The number of hydrogen-bond acceptors (Lipinski definition) is 3. The topological polar surface area (TPSA) is 60.5 Å². The summed E-state index contributed by atoms with van der Waals surface area (Å²) >= 11 is 0. The van der Waals surface area contributed by atoms with Crippen LogP contribution in [0.4, 0.5) is 8.78 Å². The van der Waals surface area contributed by atoms with E-state index >= 15 is 0 Å². The summed E-state index contributed by atoms with van der Waals surface area (Å²) in [6.07, 6.45) is -2.86. The van der Waals surface area contributed by atoms with Gasteiger partial charge in [-0.25, -0.2) is 8.78 Å². The maximum Gasteiger partial charge on any atom is 0.281 e. The van der Waals surface area contributed by atoms with Gasteiger partial charge in [-0.3, -0.25) is 4.98 Å². The Morgan fingerprint density at radius 1 is 1.47 bits per heavy atom. The van der Waals surface area contributed by atoms with Crippen LogP contribution in [-0.2, 0) is 6.42 Å². The zero-order valence-electron chi connectivity index (χ0n) is 7.96. The third-order valence-electron chi connectivity index (χ3n) is 1.85. The number of aryl methyl sites for hydroxylation is 1. The van der Waals surface area contributed by atoms with E-state index in [0.29, 0.717) is 11.3 Å². The van der Waals surface area contributed by atoms with Crippen molar-refractivity contribution in [3.8, 4) is 12.1 Å². The lowest BCUT2D eigenvalue weighted by Gasteiger charge is -2.07. The Hall–Kier alpha value is -2.01. The van der Waals surface area contributed by atoms with Gasteiger partial charge in [0.2, 0.25) is 0 Å². The second-order valence-electron chi connectivity index (χ2n) is 2.93. The second-order valence-corrected chi connectivity index (χ2v) is 2.93. The molecule has 0 N–H and O–H groups in total.